The zero-order valence-corrected chi connectivity index (χ0v) is 21.0. The van der Waals surface area contributed by atoms with Crippen molar-refractivity contribution >= 4 is 27.6 Å². The van der Waals surface area contributed by atoms with Crippen LogP contribution in [0.15, 0.2) is 54.6 Å². The largest absolute Gasteiger partial charge is 0.464 e. The highest BCUT2D eigenvalue weighted by molar-refractivity contribution is 6.09. The van der Waals surface area contributed by atoms with Crippen molar-refractivity contribution in [2.45, 2.75) is 64.6 Å². The summed E-state index contributed by atoms with van der Waals surface area (Å²) in [5.41, 5.74) is 7.01. The summed E-state index contributed by atoms with van der Waals surface area (Å²) in [6.45, 7) is 9.99. The number of ether oxygens (including phenoxy) is 2. The molecule has 1 fully saturated rings. The lowest BCUT2D eigenvalue weighted by molar-refractivity contribution is -0.166. The van der Waals surface area contributed by atoms with Crippen molar-refractivity contribution in [3.63, 3.8) is 0 Å². The molecule has 6 rings (SSSR count). The third-order valence-corrected chi connectivity index (χ3v) is 7.32. The second-order valence-corrected chi connectivity index (χ2v) is 10.8. The number of esters is 1. The van der Waals surface area contributed by atoms with Gasteiger partial charge in [-0.25, -0.2) is 4.79 Å². The van der Waals surface area contributed by atoms with Gasteiger partial charge >= 0.3 is 5.97 Å². The topological polar surface area (TPSA) is 48.4 Å². The molecule has 0 amide bonds. The predicted octanol–water partition coefficient (Wildman–Crippen LogP) is 7.37. The maximum absolute atomic E-state index is 13.3. The van der Waals surface area contributed by atoms with Gasteiger partial charge in [0.05, 0.1) is 17.7 Å². The van der Waals surface area contributed by atoms with Gasteiger partial charge in [0.2, 0.25) is 0 Å². The molecule has 4 heteroatoms. The minimum absolute atomic E-state index is 0.294. The molecule has 0 N–H and O–H groups in total. The number of carbonyl (C=O) groups is 1. The SMILES string of the molecule is CCOC(=O)C(OC(C)(C)C)c1c(C)nc2ccccc2c1-c1ccc2c3c(cccc13)C1CC21. The van der Waals surface area contributed by atoms with Crippen molar-refractivity contribution in [2.24, 2.45) is 0 Å². The average Bonchev–Trinajstić information content (AvgIpc) is 3.55. The van der Waals surface area contributed by atoms with Gasteiger partial charge < -0.3 is 9.47 Å². The zero-order valence-electron chi connectivity index (χ0n) is 21.0. The summed E-state index contributed by atoms with van der Waals surface area (Å²) in [6.07, 6.45) is 0.386. The van der Waals surface area contributed by atoms with Gasteiger partial charge in [-0.2, -0.15) is 0 Å². The lowest BCUT2D eigenvalue weighted by Gasteiger charge is -2.29. The molecule has 0 spiro atoms. The normalized spacial score (nSPS) is 19.1. The number of aromatic nitrogens is 1. The summed E-state index contributed by atoms with van der Waals surface area (Å²) >= 11 is 0. The van der Waals surface area contributed by atoms with E-state index in [1.54, 1.807) is 0 Å². The van der Waals surface area contributed by atoms with Crippen LogP contribution in [0.3, 0.4) is 0 Å². The minimum Gasteiger partial charge on any atom is -0.464 e. The molecule has 2 aliphatic carbocycles. The lowest BCUT2D eigenvalue weighted by atomic mass is 9.86. The molecule has 3 aromatic carbocycles. The van der Waals surface area contributed by atoms with E-state index < -0.39 is 11.7 Å². The number of benzene rings is 3. The number of aryl methyl sites for hydroxylation is 1. The highest BCUT2D eigenvalue weighted by atomic mass is 16.6. The molecule has 1 aromatic heterocycles. The molecule has 2 aliphatic rings. The Bertz CT molecular complexity index is 1480. The van der Waals surface area contributed by atoms with E-state index in [-0.39, 0.29) is 5.97 Å². The molecule has 0 aliphatic heterocycles. The van der Waals surface area contributed by atoms with Crippen LogP contribution in [0.4, 0.5) is 0 Å². The molecule has 178 valence electrons. The zero-order chi connectivity index (χ0) is 24.5. The first-order chi connectivity index (χ1) is 16.8. The number of para-hydroxylation sites is 1. The summed E-state index contributed by atoms with van der Waals surface area (Å²) in [4.78, 5) is 18.3. The van der Waals surface area contributed by atoms with Crippen molar-refractivity contribution in [1.29, 1.82) is 0 Å². The summed E-state index contributed by atoms with van der Waals surface area (Å²) < 4.78 is 11.9. The average molecular weight is 466 g/mol. The highest BCUT2D eigenvalue weighted by Gasteiger charge is 2.46. The van der Waals surface area contributed by atoms with Gasteiger partial charge in [0.15, 0.2) is 6.10 Å². The van der Waals surface area contributed by atoms with Crippen LogP contribution in [0.1, 0.15) is 74.4 Å². The Morgan fingerprint density at radius 2 is 1.71 bits per heavy atom. The first kappa shape index (κ1) is 22.2. The maximum atomic E-state index is 13.3. The van der Waals surface area contributed by atoms with E-state index in [0.717, 1.165) is 33.3 Å². The smallest absolute Gasteiger partial charge is 0.340 e. The third kappa shape index (κ3) is 3.54. The number of carbonyl (C=O) groups excluding carboxylic acids is 1. The molecule has 0 saturated heterocycles. The van der Waals surface area contributed by atoms with Crippen LogP contribution in [0.2, 0.25) is 0 Å². The molecule has 4 nitrogen and oxygen atoms in total. The summed E-state index contributed by atoms with van der Waals surface area (Å²) in [7, 11) is 0. The molecule has 35 heavy (non-hydrogen) atoms. The van der Waals surface area contributed by atoms with E-state index >= 15 is 0 Å². The molecular weight excluding hydrogens is 434 g/mol. The van der Waals surface area contributed by atoms with Crippen LogP contribution in [-0.2, 0) is 14.3 Å². The molecule has 1 saturated carbocycles. The molecule has 1 heterocycles. The summed E-state index contributed by atoms with van der Waals surface area (Å²) in [5, 5.41) is 3.64. The third-order valence-electron chi connectivity index (χ3n) is 7.32. The molecule has 3 atom stereocenters. The molecular formula is C31H31NO3. The number of nitrogens with zero attached hydrogens (tertiary/aromatic N) is 1. The Morgan fingerprint density at radius 3 is 2.46 bits per heavy atom. The van der Waals surface area contributed by atoms with E-state index in [1.807, 2.05) is 52.8 Å². The van der Waals surface area contributed by atoms with Gasteiger partial charge in [0.25, 0.3) is 0 Å². The predicted molar refractivity (Wildman–Crippen MR) is 140 cm³/mol. The van der Waals surface area contributed by atoms with Crippen LogP contribution in [0, 0.1) is 6.92 Å². The van der Waals surface area contributed by atoms with Gasteiger partial charge in [-0.3, -0.25) is 4.98 Å². The van der Waals surface area contributed by atoms with Crippen molar-refractivity contribution in [3.8, 4) is 11.1 Å². The Kier molecular flexibility index (Phi) is 5.01. The van der Waals surface area contributed by atoms with Crippen LogP contribution in [-0.4, -0.2) is 23.2 Å². The Hall–Kier alpha value is -3.24. The Labute approximate surface area is 206 Å². The van der Waals surface area contributed by atoms with E-state index in [9.17, 15) is 4.79 Å². The van der Waals surface area contributed by atoms with E-state index in [2.05, 4.69) is 36.4 Å². The second-order valence-electron chi connectivity index (χ2n) is 10.8. The van der Waals surface area contributed by atoms with Gasteiger partial charge in [-0.1, -0.05) is 48.5 Å². The van der Waals surface area contributed by atoms with Crippen molar-refractivity contribution in [2.75, 3.05) is 6.61 Å². The van der Waals surface area contributed by atoms with E-state index in [4.69, 9.17) is 14.5 Å². The number of fused-ring (bicyclic) bond motifs is 4. The quantitative estimate of drug-likeness (QED) is 0.289. The lowest BCUT2D eigenvalue weighted by Crippen LogP contribution is -2.30. The number of pyridine rings is 1. The Morgan fingerprint density at radius 1 is 1.00 bits per heavy atom. The molecule has 0 radical (unpaired) electrons. The van der Waals surface area contributed by atoms with Crippen LogP contribution in [0.5, 0.6) is 0 Å². The van der Waals surface area contributed by atoms with Crippen LogP contribution in [0.25, 0.3) is 32.8 Å². The fraction of sp³-hybridized carbons (Fsp3) is 0.355. The maximum Gasteiger partial charge on any atom is 0.340 e. The first-order valence-corrected chi connectivity index (χ1v) is 12.6. The standard InChI is InChI=1S/C31H31NO3/c1-6-34-30(33)29(35-31(3,4)5)26-17(2)32-25-13-8-7-10-22(25)28(26)20-14-15-21-24-16-23(24)19-12-9-11-18(20)27(19)21/h7-15,23-24,29H,6,16H2,1-5H3. The molecule has 4 aromatic rings. The fourth-order valence-corrected chi connectivity index (χ4v) is 5.94. The fourth-order valence-electron chi connectivity index (χ4n) is 5.94. The molecule has 0 bridgehead atoms. The van der Waals surface area contributed by atoms with E-state index in [0.29, 0.717) is 18.4 Å². The molecule has 3 unspecified atom stereocenters. The second kappa shape index (κ2) is 7.89. The summed E-state index contributed by atoms with van der Waals surface area (Å²) in [6, 6.07) is 19.4. The van der Waals surface area contributed by atoms with Crippen LogP contribution >= 0.6 is 0 Å². The van der Waals surface area contributed by atoms with Crippen molar-refractivity contribution in [3.05, 3.63) is 77.0 Å². The van der Waals surface area contributed by atoms with Crippen molar-refractivity contribution < 1.29 is 14.3 Å². The number of hydrogen-bond acceptors (Lipinski definition) is 4. The van der Waals surface area contributed by atoms with Crippen LogP contribution < -0.4 is 0 Å². The highest BCUT2D eigenvalue weighted by Crippen LogP contribution is 2.63. The number of rotatable bonds is 5. The monoisotopic (exact) mass is 465 g/mol. The first-order valence-electron chi connectivity index (χ1n) is 12.6. The van der Waals surface area contributed by atoms with Crippen molar-refractivity contribution in [1.82, 2.24) is 4.98 Å². The summed E-state index contributed by atoms with van der Waals surface area (Å²) in [5.74, 6) is 0.947. The van der Waals surface area contributed by atoms with E-state index in [1.165, 1.54) is 28.3 Å². The Balaban J connectivity index is 1.69. The number of hydrogen-bond donors (Lipinski definition) is 0. The minimum atomic E-state index is -0.876. The van der Waals surface area contributed by atoms with Gasteiger partial charge in [-0.15, -0.1) is 0 Å². The van der Waals surface area contributed by atoms with Gasteiger partial charge in [0.1, 0.15) is 0 Å². The van der Waals surface area contributed by atoms with Gasteiger partial charge in [0, 0.05) is 16.6 Å². The van der Waals surface area contributed by atoms with Gasteiger partial charge in [-0.05, 0) is 92.0 Å².